The number of hydrogen-bond donors (Lipinski definition) is 1. The summed E-state index contributed by atoms with van der Waals surface area (Å²) in [5.74, 6) is 0. The Bertz CT molecular complexity index is 428. The van der Waals surface area contributed by atoms with E-state index in [0.29, 0.717) is 6.61 Å². The van der Waals surface area contributed by atoms with Crippen molar-refractivity contribution in [3.8, 4) is 0 Å². The first-order valence-corrected chi connectivity index (χ1v) is 6.44. The fraction of sp³-hybridized carbons (Fsp3) is 0.571. The number of pyridine rings is 1. The molecule has 4 nitrogen and oxygen atoms in total. The van der Waals surface area contributed by atoms with Gasteiger partial charge < -0.3 is 10.6 Å². The SMILES string of the molecule is Cc1ncccc1CON=C1CCC(C)(N)CC1. The van der Waals surface area contributed by atoms with E-state index in [2.05, 4.69) is 17.1 Å². The molecule has 4 heteroatoms. The summed E-state index contributed by atoms with van der Waals surface area (Å²) in [5.41, 5.74) is 9.25. The van der Waals surface area contributed by atoms with E-state index < -0.39 is 0 Å². The average Bonchev–Trinajstić information content (AvgIpc) is 2.34. The summed E-state index contributed by atoms with van der Waals surface area (Å²) in [6.07, 6.45) is 5.65. The number of aromatic nitrogens is 1. The fourth-order valence-corrected chi connectivity index (χ4v) is 2.06. The van der Waals surface area contributed by atoms with Gasteiger partial charge in [-0.2, -0.15) is 0 Å². The quantitative estimate of drug-likeness (QED) is 0.835. The van der Waals surface area contributed by atoms with Crippen molar-refractivity contribution in [1.82, 2.24) is 4.98 Å². The highest BCUT2D eigenvalue weighted by molar-refractivity contribution is 5.84. The van der Waals surface area contributed by atoms with Crippen LogP contribution in [0.2, 0.25) is 0 Å². The lowest BCUT2D eigenvalue weighted by molar-refractivity contribution is 0.127. The van der Waals surface area contributed by atoms with Crippen LogP contribution in [-0.2, 0) is 11.4 Å². The molecule has 0 radical (unpaired) electrons. The van der Waals surface area contributed by atoms with Gasteiger partial charge >= 0.3 is 0 Å². The van der Waals surface area contributed by atoms with Crippen molar-refractivity contribution in [2.75, 3.05) is 0 Å². The zero-order valence-corrected chi connectivity index (χ0v) is 11.1. The van der Waals surface area contributed by atoms with Gasteiger partial charge in [0.15, 0.2) is 0 Å². The molecular formula is C14H21N3O. The van der Waals surface area contributed by atoms with Gasteiger partial charge in [-0.15, -0.1) is 0 Å². The molecule has 0 atom stereocenters. The number of nitrogens with zero attached hydrogens (tertiary/aromatic N) is 2. The molecule has 18 heavy (non-hydrogen) atoms. The van der Waals surface area contributed by atoms with Crippen LogP contribution >= 0.6 is 0 Å². The van der Waals surface area contributed by atoms with Crippen LogP contribution in [0.25, 0.3) is 0 Å². The highest BCUT2D eigenvalue weighted by atomic mass is 16.6. The zero-order valence-electron chi connectivity index (χ0n) is 11.1. The van der Waals surface area contributed by atoms with Crippen LogP contribution in [-0.4, -0.2) is 16.2 Å². The number of aryl methyl sites for hydroxylation is 1. The average molecular weight is 247 g/mol. The molecule has 1 saturated carbocycles. The van der Waals surface area contributed by atoms with Gasteiger partial charge in [0.05, 0.1) is 5.71 Å². The molecule has 0 aromatic carbocycles. The molecule has 0 saturated heterocycles. The first-order valence-electron chi connectivity index (χ1n) is 6.44. The molecule has 2 N–H and O–H groups in total. The normalized spacial score (nSPS) is 23.8. The molecule has 1 heterocycles. The third kappa shape index (κ3) is 3.53. The predicted octanol–water partition coefficient (Wildman–Crippen LogP) is 2.55. The molecule has 1 aliphatic carbocycles. The van der Waals surface area contributed by atoms with Crippen molar-refractivity contribution in [2.24, 2.45) is 10.9 Å². The highest BCUT2D eigenvalue weighted by Gasteiger charge is 2.24. The maximum absolute atomic E-state index is 6.08. The minimum absolute atomic E-state index is 0.0288. The topological polar surface area (TPSA) is 60.5 Å². The number of oxime groups is 1. The van der Waals surface area contributed by atoms with Gasteiger partial charge in [0, 0.05) is 23.0 Å². The number of rotatable bonds is 3. The molecule has 2 rings (SSSR count). The van der Waals surface area contributed by atoms with Crippen LogP contribution in [0.3, 0.4) is 0 Å². The summed E-state index contributed by atoms with van der Waals surface area (Å²) in [7, 11) is 0. The minimum Gasteiger partial charge on any atom is -0.391 e. The summed E-state index contributed by atoms with van der Waals surface area (Å²) in [5, 5.41) is 4.22. The van der Waals surface area contributed by atoms with E-state index in [1.807, 2.05) is 19.1 Å². The largest absolute Gasteiger partial charge is 0.391 e. The monoisotopic (exact) mass is 247 g/mol. The third-order valence-corrected chi connectivity index (χ3v) is 3.50. The molecule has 0 bridgehead atoms. The summed E-state index contributed by atoms with van der Waals surface area (Å²) in [6, 6.07) is 3.93. The number of hydrogen-bond acceptors (Lipinski definition) is 4. The molecule has 1 aromatic heterocycles. The van der Waals surface area contributed by atoms with Crippen LogP contribution in [0.4, 0.5) is 0 Å². The van der Waals surface area contributed by atoms with E-state index in [0.717, 1.165) is 42.7 Å². The van der Waals surface area contributed by atoms with Crippen LogP contribution in [0, 0.1) is 6.92 Å². The summed E-state index contributed by atoms with van der Waals surface area (Å²) in [6.45, 7) is 4.57. The zero-order chi connectivity index (χ0) is 13.0. The van der Waals surface area contributed by atoms with E-state index in [1.54, 1.807) is 6.20 Å². The summed E-state index contributed by atoms with van der Waals surface area (Å²) < 4.78 is 0. The molecule has 0 aliphatic heterocycles. The van der Waals surface area contributed by atoms with Gasteiger partial charge in [-0.25, -0.2) is 0 Å². The van der Waals surface area contributed by atoms with Gasteiger partial charge in [0.25, 0.3) is 0 Å². The lowest BCUT2D eigenvalue weighted by atomic mass is 9.83. The van der Waals surface area contributed by atoms with Crippen molar-refractivity contribution in [3.63, 3.8) is 0 Å². The van der Waals surface area contributed by atoms with E-state index in [-0.39, 0.29) is 5.54 Å². The van der Waals surface area contributed by atoms with Gasteiger partial charge in [-0.3, -0.25) is 4.98 Å². The Morgan fingerprint density at radius 2 is 2.17 bits per heavy atom. The Balaban J connectivity index is 1.84. The standard InChI is InChI=1S/C14H21N3O/c1-11-12(4-3-9-16-11)10-18-17-13-5-7-14(2,15)8-6-13/h3-4,9H,5-8,10,15H2,1-2H3. The molecule has 1 aromatic rings. The molecule has 98 valence electrons. The first kappa shape index (κ1) is 13.0. The first-order chi connectivity index (χ1) is 8.57. The van der Waals surface area contributed by atoms with Crippen LogP contribution < -0.4 is 5.73 Å². The molecule has 1 aliphatic rings. The molecular weight excluding hydrogens is 226 g/mol. The Morgan fingerprint density at radius 1 is 1.44 bits per heavy atom. The third-order valence-electron chi connectivity index (χ3n) is 3.50. The highest BCUT2D eigenvalue weighted by Crippen LogP contribution is 2.23. The van der Waals surface area contributed by atoms with E-state index in [4.69, 9.17) is 10.6 Å². The van der Waals surface area contributed by atoms with Gasteiger partial charge in [0.2, 0.25) is 0 Å². The van der Waals surface area contributed by atoms with Crippen molar-refractivity contribution in [3.05, 3.63) is 29.6 Å². The van der Waals surface area contributed by atoms with Crippen molar-refractivity contribution in [1.29, 1.82) is 0 Å². The Morgan fingerprint density at radius 3 is 2.83 bits per heavy atom. The Labute approximate surface area is 108 Å². The molecule has 0 spiro atoms. The van der Waals surface area contributed by atoms with Crippen LogP contribution in [0.5, 0.6) is 0 Å². The van der Waals surface area contributed by atoms with Gasteiger partial charge in [-0.1, -0.05) is 11.2 Å². The minimum atomic E-state index is -0.0288. The van der Waals surface area contributed by atoms with Crippen molar-refractivity contribution in [2.45, 2.75) is 51.7 Å². The maximum Gasteiger partial charge on any atom is 0.144 e. The van der Waals surface area contributed by atoms with E-state index >= 15 is 0 Å². The summed E-state index contributed by atoms with van der Waals surface area (Å²) in [4.78, 5) is 9.63. The van der Waals surface area contributed by atoms with Crippen LogP contribution in [0.1, 0.15) is 43.9 Å². The predicted molar refractivity (Wildman–Crippen MR) is 72.3 cm³/mol. The smallest absolute Gasteiger partial charge is 0.144 e. The van der Waals surface area contributed by atoms with Crippen LogP contribution in [0.15, 0.2) is 23.5 Å². The molecule has 0 unspecified atom stereocenters. The number of nitrogens with two attached hydrogens (primary N) is 1. The van der Waals surface area contributed by atoms with Crippen molar-refractivity contribution < 1.29 is 4.84 Å². The Hall–Kier alpha value is -1.42. The fourth-order valence-electron chi connectivity index (χ4n) is 2.06. The lowest BCUT2D eigenvalue weighted by Crippen LogP contribution is -2.40. The van der Waals surface area contributed by atoms with Crippen molar-refractivity contribution >= 4 is 5.71 Å². The van der Waals surface area contributed by atoms with E-state index in [1.165, 1.54) is 0 Å². The summed E-state index contributed by atoms with van der Waals surface area (Å²) >= 11 is 0. The Kier molecular flexibility index (Phi) is 3.97. The van der Waals surface area contributed by atoms with Gasteiger partial charge in [-0.05, 0) is 45.6 Å². The second-order valence-corrected chi connectivity index (χ2v) is 5.33. The second-order valence-electron chi connectivity index (χ2n) is 5.33. The van der Waals surface area contributed by atoms with E-state index in [9.17, 15) is 0 Å². The van der Waals surface area contributed by atoms with Gasteiger partial charge in [0.1, 0.15) is 6.61 Å². The lowest BCUT2D eigenvalue weighted by Gasteiger charge is -2.29. The molecule has 0 amide bonds. The second kappa shape index (κ2) is 5.48. The molecule has 1 fully saturated rings. The maximum atomic E-state index is 6.08.